The second-order valence-corrected chi connectivity index (χ2v) is 5.71. The third-order valence-corrected chi connectivity index (χ3v) is 4.45. The van der Waals surface area contributed by atoms with Crippen molar-refractivity contribution in [2.75, 3.05) is 25.6 Å². The number of methoxy groups -OCH3 is 1. The van der Waals surface area contributed by atoms with Crippen molar-refractivity contribution in [3.63, 3.8) is 0 Å². The van der Waals surface area contributed by atoms with Crippen LogP contribution >= 0.6 is 0 Å². The topological polar surface area (TPSA) is 68.2 Å². The summed E-state index contributed by atoms with van der Waals surface area (Å²) < 4.78 is 6.78. The highest BCUT2D eigenvalue weighted by atomic mass is 16.5. The van der Waals surface area contributed by atoms with Crippen LogP contribution in [0.4, 0.5) is 5.69 Å². The zero-order valence-electron chi connectivity index (χ0n) is 11.8. The quantitative estimate of drug-likeness (QED) is 0.838. The molecular weight excluding hydrogens is 256 g/mol. The molecule has 2 aliphatic rings. The molecule has 0 radical (unpaired) electrons. The molecule has 2 N–H and O–H groups in total. The van der Waals surface area contributed by atoms with Crippen LogP contribution in [0.2, 0.25) is 0 Å². The molecule has 2 heterocycles. The molecule has 1 aliphatic heterocycles. The average molecular weight is 278 g/mol. The summed E-state index contributed by atoms with van der Waals surface area (Å²) in [5.74, 6) is 1.28. The minimum absolute atomic E-state index is 0.0372. The summed E-state index contributed by atoms with van der Waals surface area (Å²) in [4.78, 5) is 12.3. The minimum Gasteiger partial charge on any atom is -0.383 e. The summed E-state index contributed by atoms with van der Waals surface area (Å²) in [7, 11) is 1.66. The first-order valence-corrected chi connectivity index (χ1v) is 7.33. The molecule has 2 fully saturated rings. The van der Waals surface area contributed by atoms with Gasteiger partial charge in [-0.3, -0.25) is 9.48 Å². The van der Waals surface area contributed by atoms with Crippen LogP contribution < -0.4 is 10.6 Å². The molecule has 1 aromatic rings. The molecule has 6 heteroatoms. The standard InChI is InChI=1S/C14H22N4O2/c1-20-6-5-18-9-11(8-16-18)17-14(19)13-12-4-2-3-10(12)7-15-13/h8-10,12-13,15H,2-7H2,1H3,(H,17,19). The number of fused-ring (bicyclic) bond motifs is 1. The van der Waals surface area contributed by atoms with E-state index in [0.717, 1.165) is 12.2 Å². The fourth-order valence-corrected chi connectivity index (χ4v) is 3.43. The molecule has 0 spiro atoms. The number of aromatic nitrogens is 2. The van der Waals surface area contributed by atoms with Crippen molar-refractivity contribution >= 4 is 11.6 Å². The SMILES string of the molecule is COCCn1cc(NC(=O)C2NCC3CCCC32)cn1. The third kappa shape index (κ3) is 2.71. The maximum Gasteiger partial charge on any atom is 0.241 e. The van der Waals surface area contributed by atoms with E-state index in [2.05, 4.69) is 15.7 Å². The highest BCUT2D eigenvalue weighted by Crippen LogP contribution is 2.37. The highest BCUT2D eigenvalue weighted by molar-refractivity contribution is 5.95. The van der Waals surface area contributed by atoms with E-state index in [1.165, 1.54) is 19.3 Å². The van der Waals surface area contributed by atoms with Crippen molar-refractivity contribution in [1.29, 1.82) is 0 Å². The van der Waals surface area contributed by atoms with Gasteiger partial charge in [0.15, 0.2) is 0 Å². The van der Waals surface area contributed by atoms with Gasteiger partial charge in [0.25, 0.3) is 0 Å². The molecule has 1 saturated heterocycles. The number of hydrogen-bond donors (Lipinski definition) is 2. The minimum atomic E-state index is -0.0372. The van der Waals surface area contributed by atoms with Crippen LogP contribution in [0.3, 0.4) is 0 Å². The molecule has 0 bridgehead atoms. The average Bonchev–Trinajstić information content (AvgIpc) is 3.11. The first kappa shape index (κ1) is 13.6. The molecular formula is C14H22N4O2. The Kier molecular flexibility index (Phi) is 4.03. The number of carbonyl (C=O) groups is 1. The molecule has 1 aliphatic carbocycles. The summed E-state index contributed by atoms with van der Waals surface area (Å²) >= 11 is 0. The molecule has 6 nitrogen and oxygen atoms in total. The van der Waals surface area contributed by atoms with E-state index in [0.29, 0.717) is 25.0 Å². The molecule has 0 aromatic carbocycles. The number of ether oxygens (including phenoxy) is 1. The largest absolute Gasteiger partial charge is 0.383 e. The van der Waals surface area contributed by atoms with Gasteiger partial charge in [0.2, 0.25) is 5.91 Å². The van der Waals surface area contributed by atoms with Crippen molar-refractivity contribution in [1.82, 2.24) is 15.1 Å². The summed E-state index contributed by atoms with van der Waals surface area (Å²) in [6.07, 6.45) is 7.22. The Morgan fingerprint density at radius 2 is 2.50 bits per heavy atom. The first-order valence-electron chi connectivity index (χ1n) is 7.33. The van der Waals surface area contributed by atoms with Crippen LogP contribution in [0.15, 0.2) is 12.4 Å². The van der Waals surface area contributed by atoms with E-state index < -0.39 is 0 Å². The van der Waals surface area contributed by atoms with Gasteiger partial charge >= 0.3 is 0 Å². The van der Waals surface area contributed by atoms with Gasteiger partial charge < -0.3 is 15.4 Å². The van der Waals surface area contributed by atoms with Crippen molar-refractivity contribution < 1.29 is 9.53 Å². The Balaban J connectivity index is 1.57. The van der Waals surface area contributed by atoms with E-state index in [1.54, 1.807) is 18.0 Å². The van der Waals surface area contributed by atoms with Crippen LogP contribution in [0.1, 0.15) is 19.3 Å². The van der Waals surface area contributed by atoms with Crippen LogP contribution in [-0.2, 0) is 16.1 Å². The summed E-state index contributed by atoms with van der Waals surface area (Å²) in [5, 5.41) is 10.5. The predicted molar refractivity (Wildman–Crippen MR) is 75.4 cm³/mol. The zero-order chi connectivity index (χ0) is 13.9. The summed E-state index contributed by atoms with van der Waals surface area (Å²) in [6.45, 7) is 2.29. The molecule has 3 unspecified atom stereocenters. The van der Waals surface area contributed by atoms with Crippen LogP contribution in [0, 0.1) is 11.8 Å². The number of carbonyl (C=O) groups excluding carboxylic acids is 1. The Bertz CT molecular complexity index is 473. The maximum atomic E-state index is 12.3. The Hall–Kier alpha value is -1.40. The summed E-state index contributed by atoms with van der Waals surface area (Å²) in [5.41, 5.74) is 0.759. The van der Waals surface area contributed by atoms with Gasteiger partial charge in [0.05, 0.1) is 31.1 Å². The number of nitrogens with zero attached hydrogens (tertiary/aromatic N) is 2. The smallest absolute Gasteiger partial charge is 0.241 e. The zero-order valence-corrected chi connectivity index (χ0v) is 11.8. The Morgan fingerprint density at radius 1 is 1.60 bits per heavy atom. The molecule has 3 rings (SSSR count). The number of anilines is 1. The summed E-state index contributed by atoms with van der Waals surface area (Å²) in [6, 6.07) is -0.0372. The lowest BCUT2D eigenvalue weighted by molar-refractivity contribution is -0.118. The van der Waals surface area contributed by atoms with Crippen LogP contribution in [0.5, 0.6) is 0 Å². The maximum absolute atomic E-state index is 12.3. The monoisotopic (exact) mass is 278 g/mol. The first-order chi connectivity index (χ1) is 9.78. The number of hydrogen-bond acceptors (Lipinski definition) is 4. The lowest BCUT2D eigenvalue weighted by Gasteiger charge is -2.16. The number of nitrogens with one attached hydrogen (secondary N) is 2. The van der Waals surface area contributed by atoms with Crippen molar-refractivity contribution in [3.8, 4) is 0 Å². The fourth-order valence-electron chi connectivity index (χ4n) is 3.43. The van der Waals surface area contributed by atoms with Crippen molar-refractivity contribution in [2.24, 2.45) is 11.8 Å². The van der Waals surface area contributed by atoms with E-state index in [1.807, 2.05) is 6.20 Å². The van der Waals surface area contributed by atoms with E-state index in [9.17, 15) is 4.79 Å². The normalized spacial score (nSPS) is 28.6. The Morgan fingerprint density at radius 3 is 3.35 bits per heavy atom. The molecule has 20 heavy (non-hydrogen) atoms. The molecule has 1 saturated carbocycles. The molecule has 110 valence electrons. The predicted octanol–water partition coefficient (Wildman–Crippen LogP) is 0.856. The second kappa shape index (κ2) is 5.93. The van der Waals surface area contributed by atoms with Gasteiger partial charge in [-0.2, -0.15) is 5.10 Å². The lowest BCUT2D eigenvalue weighted by atomic mass is 9.93. The lowest BCUT2D eigenvalue weighted by Crippen LogP contribution is -2.39. The van der Waals surface area contributed by atoms with Crippen LogP contribution in [-0.4, -0.2) is 42.0 Å². The number of amides is 1. The number of rotatable bonds is 5. The molecule has 3 atom stereocenters. The van der Waals surface area contributed by atoms with Gasteiger partial charge in [-0.15, -0.1) is 0 Å². The molecule has 1 aromatic heterocycles. The van der Waals surface area contributed by atoms with Gasteiger partial charge in [-0.05, 0) is 31.2 Å². The van der Waals surface area contributed by atoms with E-state index in [-0.39, 0.29) is 11.9 Å². The van der Waals surface area contributed by atoms with Gasteiger partial charge in [-0.1, -0.05) is 6.42 Å². The highest BCUT2D eigenvalue weighted by Gasteiger charge is 2.42. The van der Waals surface area contributed by atoms with Gasteiger partial charge in [-0.25, -0.2) is 0 Å². The van der Waals surface area contributed by atoms with E-state index in [4.69, 9.17) is 4.74 Å². The fraction of sp³-hybridized carbons (Fsp3) is 0.714. The van der Waals surface area contributed by atoms with Crippen molar-refractivity contribution in [2.45, 2.75) is 31.8 Å². The van der Waals surface area contributed by atoms with Crippen LogP contribution in [0.25, 0.3) is 0 Å². The second-order valence-electron chi connectivity index (χ2n) is 5.71. The Labute approximate surface area is 118 Å². The third-order valence-electron chi connectivity index (χ3n) is 4.45. The van der Waals surface area contributed by atoms with Crippen molar-refractivity contribution in [3.05, 3.63) is 12.4 Å². The van der Waals surface area contributed by atoms with Gasteiger partial charge in [0, 0.05) is 13.3 Å². The van der Waals surface area contributed by atoms with E-state index >= 15 is 0 Å². The van der Waals surface area contributed by atoms with Gasteiger partial charge in [0.1, 0.15) is 0 Å². The molecule has 1 amide bonds.